The van der Waals surface area contributed by atoms with Crippen LogP contribution in [0.2, 0.25) is 0 Å². The quantitative estimate of drug-likeness (QED) is 0.251. The third-order valence-corrected chi connectivity index (χ3v) is 3.32. The minimum Gasteiger partial charge on any atom is -0.549 e. The van der Waals surface area contributed by atoms with Crippen molar-refractivity contribution in [2.45, 2.75) is 52.9 Å². The Morgan fingerprint density at radius 2 is 1.50 bits per heavy atom. The van der Waals surface area contributed by atoms with E-state index in [9.17, 15) is 19.8 Å². The predicted octanol–water partition coefficient (Wildman–Crippen LogP) is -5.89. The number of rotatable bonds is 8. The van der Waals surface area contributed by atoms with Gasteiger partial charge in [0.2, 0.25) is 0 Å². The van der Waals surface area contributed by atoms with Crippen LogP contribution in [0.4, 0.5) is 0 Å². The second-order valence-electron chi connectivity index (χ2n) is 4.53. The molecule has 0 N–H and O–H groups in total. The molecule has 0 rings (SSSR count). The second-order valence-corrected chi connectivity index (χ2v) is 4.53. The van der Waals surface area contributed by atoms with Crippen molar-refractivity contribution < 1.29 is 78.9 Å². The van der Waals surface area contributed by atoms with Crippen LogP contribution in [0.1, 0.15) is 52.9 Å². The molecule has 0 amide bonds. The molecule has 0 aromatic carbocycles. The van der Waals surface area contributed by atoms with E-state index in [1.54, 1.807) is 6.92 Å². The molecule has 94 valence electrons. The first-order chi connectivity index (χ1) is 7.37. The molecule has 0 heterocycles. The van der Waals surface area contributed by atoms with Crippen LogP contribution in [0, 0.1) is 11.3 Å². The van der Waals surface area contributed by atoms with Crippen LogP contribution < -0.4 is 69.3 Å². The fourth-order valence-corrected chi connectivity index (χ4v) is 1.65. The first-order valence-corrected chi connectivity index (χ1v) is 5.80. The molecule has 0 spiro atoms. The largest absolute Gasteiger partial charge is 1.00 e. The van der Waals surface area contributed by atoms with Gasteiger partial charge >= 0.3 is 59.1 Å². The van der Waals surface area contributed by atoms with E-state index in [1.165, 1.54) is 6.92 Å². The summed E-state index contributed by atoms with van der Waals surface area (Å²) in [7, 11) is 0. The first-order valence-electron chi connectivity index (χ1n) is 5.80. The number of aliphatic carboxylic acids is 2. The van der Waals surface area contributed by atoms with Gasteiger partial charge in [-0.2, -0.15) is 0 Å². The predicted molar refractivity (Wildman–Crippen MR) is 56.0 cm³/mol. The van der Waals surface area contributed by atoms with Crippen molar-refractivity contribution in [3.05, 3.63) is 0 Å². The van der Waals surface area contributed by atoms with Crippen molar-refractivity contribution in [3.63, 3.8) is 0 Å². The Kier molecular flexibility index (Phi) is 15.6. The van der Waals surface area contributed by atoms with Gasteiger partial charge in [-0.05, 0) is 19.3 Å². The standard InChI is InChI=1S/C12H22O4.2Na/c1-4-5-6-7-8-9(2)12(3,10(13)14)11(15)16;;/h9H,4-8H2,1-3H3,(H,13,14)(H,15,16);;/q;2*+1/p-2. The molecule has 0 aromatic rings. The Hall–Kier alpha value is 0.940. The third-order valence-electron chi connectivity index (χ3n) is 3.32. The molecule has 1 atom stereocenters. The van der Waals surface area contributed by atoms with Crippen LogP contribution in [0.3, 0.4) is 0 Å². The zero-order valence-corrected chi connectivity index (χ0v) is 16.2. The minimum atomic E-state index is -1.88. The fraction of sp³-hybridized carbons (Fsp3) is 0.833. The zero-order valence-electron chi connectivity index (χ0n) is 12.2. The number of carboxylic acid groups (broad SMARTS) is 2. The van der Waals surface area contributed by atoms with E-state index < -0.39 is 23.3 Å². The van der Waals surface area contributed by atoms with E-state index >= 15 is 0 Å². The summed E-state index contributed by atoms with van der Waals surface area (Å²) >= 11 is 0. The summed E-state index contributed by atoms with van der Waals surface area (Å²) in [5, 5.41) is 21.7. The molecular weight excluding hydrogens is 254 g/mol. The molecule has 6 heteroatoms. The SMILES string of the molecule is CCCCCCC(C)C(C)(C(=O)[O-])C(=O)[O-].[Na+].[Na+]. The maximum Gasteiger partial charge on any atom is 1.00 e. The summed E-state index contributed by atoms with van der Waals surface area (Å²) in [6, 6.07) is 0. The topological polar surface area (TPSA) is 80.3 Å². The summed E-state index contributed by atoms with van der Waals surface area (Å²) in [5.74, 6) is -3.59. The number of carboxylic acids is 2. The van der Waals surface area contributed by atoms with E-state index in [2.05, 4.69) is 6.92 Å². The molecule has 0 aromatic heterocycles. The summed E-state index contributed by atoms with van der Waals surface area (Å²) in [6.45, 7) is 4.87. The van der Waals surface area contributed by atoms with Crippen LogP contribution in [-0.2, 0) is 9.59 Å². The number of carbonyl (C=O) groups is 2. The van der Waals surface area contributed by atoms with Crippen molar-refractivity contribution in [1.29, 1.82) is 0 Å². The van der Waals surface area contributed by atoms with Gasteiger partial charge in [0, 0.05) is 5.41 Å². The van der Waals surface area contributed by atoms with Crippen molar-refractivity contribution in [1.82, 2.24) is 0 Å². The summed E-state index contributed by atoms with van der Waals surface area (Å²) in [4.78, 5) is 21.7. The molecule has 18 heavy (non-hydrogen) atoms. The van der Waals surface area contributed by atoms with Crippen LogP contribution >= 0.6 is 0 Å². The number of hydrogen-bond donors (Lipinski definition) is 0. The van der Waals surface area contributed by atoms with E-state index in [-0.39, 0.29) is 59.1 Å². The van der Waals surface area contributed by atoms with Crippen molar-refractivity contribution in [2.75, 3.05) is 0 Å². The molecule has 0 radical (unpaired) electrons. The molecular formula is C12H20Na2O4. The Morgan fingerprint density at radius 3 is 1.83 bits per heavy atom. The Bertz CT molecular complexity index is 242. The van der Waals surface area contributed by atoms with Gasteiger partial charge in [-0.25, -0.2) is 0 Å². The molecule has 0 aliphatic rings. The van der Waals surface area contributed by atoms with Crippen molar-refractivity contribution in [3.8, 4) is 0 Å². The third kappa shape index (κ3) is 6.92. The van der Waals surface area contributed by atoms with E-state index in [0.29, 0.717) is 6.42 Å². The normalized spacial score (nSPS) is 11.9. The Labute approximate surface area is 153 Å². The van der Waals surface area contributed by atoms with Gasteiger partial charge in [-0.1, -0.05) is 39.5 Å². The molecule has 0 aliphatic heterocycles. The summed E-state index contributed by atoms with van der Waals surface area (Å²) in [6.07, 6.45) is 4.58. The smallest absolute Gasteiger partial charge is 0.549 e. The average molecular weight is 274 g/mol. The average Bonchev–Trinajstić information content (AvgIpc) is 2.22. The summed E-state index contributed by atoms with van der Waals surface area (Å²) < 4.78 is 0. The van der Waals surface area contributed by atoms with Gasteiger partial charge < -0.3 is 19.8 Å². The molecule has 0 aliphatic carbocycles. The van der Waals surface area contributed by atoms with E-state index in [0.717, 1.165) is 25.7 Å². The van der Waals surface area contributed by atoms with Crippen LogP contribution in [0.15, 0.2) is 0 Å². The van der Waals surface area contributed by atoms with Gasteiger partial charge in [0.1, 0.15) is 0 Å². The van der Waals surface area contributed by atoms with Crippen molar-refractivity contribution in [2.24, 2.45) is 11.3 Å². The number of unbranched alkanes of at least 4 members (excludes halogenated alkanes) is 3. The van der Waals surface area contributed by atoms with Gasteiger partial charge in [0.25, 0.3) is 0 Å². The fourth-order valence-electron chi connectivity index (χ4n) is 1.65. The summed E-state index contributed by atoms with van der Waals surface area (Å²) in [5.41, 5.74) is -1.88. The maximum atomic E-state index is 10.9. The monoisotopic (exact) mass is 274 g/mol. The van der Waals surface area contributed by atoms with Crippen LogP contribution in [0.5, 0.6) is 0 Å². The van der Waals surface area contributed by atoms with Gasteiger partial charge in [0.05, 0.1) is 11.9 Å². The minimum absolute atomic E-state index is 0. The van der Waals surface area contributed by atoms with E-state index in [1.807, 2.05) is 0 Å². The van der Waals surface area contributed by atoms with Gasteiger partial charge in [-0.3, -0.25) is 0 Å². The molecule has 0 fully saturated rings. The number of carbonyl (C=O) groups excluding carboxylic acids is 2. The van der Waals surface area contributed by atoms with Crippen LogP contribution in [-0.4, -0.2) is 11.9 Å². The molecule has 0 saturated carbocycles. The van der Waals surface area contributed by atoms with Gasteiger partial charge in [0.15, 0.2) is 0 Å². The Morgan fingerprint density at radius 1 is 1.06 bits per heavy atom. The maximum absolute atomic E-state index is 10.9. The molecule has 1 unspecified atom stereocenters. The van der Waals surface area contributed by atoms with Crippen LogP contribution in [0.25, 0.3) is 0 Å². The first kappa shape index (κ1) is 24.0. The molecule has 0 bridgehead atoms. The van der Waals surface area contributed by atoms with Gasteiger partial charge in [-0.15, -0.1) is 0 Å². The Balaban J connectivity index is -0.00000112. The molecule has 0 saturated heterocycles. The zero-order chi connectivity index (χ0) is 12.8. The second kappa shape index (κ2) is 11.7. The molecule has 4 nitrogen and oxygen atoms in total. The number of hydrogen-bond acceptors (Lipinski definition) is 4. The van der Waals surface area contributed by atoms with E-state index in [4.69, 9.17) is 0 Å². The van der Waals surface area contributed by atoms with Crippen molar-refractivity contribution >= 4 is 11.9 Å².